The minimum atomic E-state index is 0.0213. The first kappa shape index (κ1) is 20.1. The molecule has 0 aliphatic carbocycles. The van der Waals surface area contributed by atoms with E-state index in [0.717, 1.165) is 42.7 Å². The summed E-state index contributed by atoms with van der Waals surface area (Å²) in [6, 6.07) is 6.27. The second-order valence-corrected chi connectivity index (χ2v) is 6.73. The van der Waals surface area contributed by atoms with Crippen LogP contribution >= 0.6 is 0 Å². The highest BCUT2D eigenvalue weighted by Crippen LogP contribution is 2.32. The van der Waals surface area contributed by atoms with Gasteiger partial charge in [-0.3, -0.25) is 4.79 Å². The maximum absolute atomic E-state index is 11.6. The zero-order valence-electron chi connectivity index (χ0n) is 16.0. The summed E-state index contributed by atoms with van der Waals surface area (Å²) in [5.41, 5.74) is 1.15. The van der Waals surface area contributed by atoms with E-state index in [0.29, 0.717) is 6.79 Å². The van der Waals surface area contributed by atoms with Gasteiger partial charge in [-0.2, -0.15) is 0 Å². The van der Waals surface area contributed by atoms with Crippen molar-refractivity contribution in [2.24, 2.45) is 0 Å². The van der Waals surface area contributed by atoms with E-state index in [4.69, 9.17) is 9.47 Å². The van der Waals surface area contributed by atoms with Crippen molar-refractivity contribution in [3.8, 4) is 11.5 Å². The zero-order valence-corrected chi connectivity index (χ0v) is 16.0. The van der Waals surface area contributed by atoms with Gasteiger partial charge in [0, 0.05) is 6.04 Å². The summed E-state index contributed by atoms with van der Waals surface area (Å²) in [5.74, 6) is 1.68. The molecule has 1 aliphatic rings. The van der Waals surface area contributed by atoms with Gasteiger partial charge in [0.15, 0.2) is 11.5 Å². The van der Waals surface area contributed by atoms with Crippen molar-refractivity contribution >= 4 is 12.0 Å². The van der Waals surface area contributed by atoms with Crippen LogP contribution < -0.4 is 14.8 Å². The first-order chi connectivity index (χ1) is 12.7. The van der Waals surface area contributed by atoms with Crippen molar-refractivity contribution < 1.29 is 14.3 Å². The third-order valence-electron chi connectivity index (χ3n) is 4.47. The Bertz CT molecular complexity index is 622. The molecule has 0 fully saturated rings. The highest BCUT2D eigenvalue weighted by Gasteiger charge is 2.11. The second kappa shape index (κ2) is 11.4. The van der Waals surface area contributed by atoms with Crippen LogP contribution in [0.15, 0.2) is 36.4 Å². The number of amides is 1. The van der Waals surface area contributed by atoms with Gasteiger partial charge in [-0.05, 0) is 62.8 Å². The molecule has 142 valence electrons. The number of hydrogen-bond donors (Lipinski definition) is 1. The van der Waals surface area contributed by atoms with Crippen LogP contribution in [0.25, 0.3) is 6.08 Å². The maximum Gasteiger partial charge on any atom is 0.243 e. The maximum atomic E-state index is 11.6. The number of carbonyl (C=O) groups excluding carboxylic acids is 1. The average molecular weight is 357 g/mol. The normalized spacial score (nSPS) is 14.2. The van der Waals surface area contributed by atoms with Gasteiger partial charge in [0.2, 0.25) is 12.7 Å². The molecular weight excluding hydrogens is 326 g/mol. The third-order valence-corrected chi connectivity index (χ3v) is 4.47. The average Bonchev–Trinajstić information content (AvgIpc) is 3.10. The first-order valence-corrected chi connectivity index (χ1v) is 9.72. The standard InChI is InChI=1S/C22H31NO3/c1-3-18(2)23-22(24)13-11-9-7-5-4-6-8-10-12-19-14-15-20-21(16-19)26-17-25-20/h10-16,18H,3-9,17H2,1-2H3,(H,23,24)/b12-10+,13-11+. The van der Waals surface area contributed by atoms with Gasteiger partial charge in [-0.15, -0.1) is 0 Å². The number of hydrogen-bond acceptors (Lipinski definition) is 3. The Morgan fingerprint density at radius 2 is 1.85 bits per heavy atom. The number of unbranched alkanes of at least 4 members (excludes halogenated alkanes) is 5. The van der Waals surface area contributed by atoms with E-state index in [2.05, 4.69) is 24.4 Å². The van der Waals surface area contributed by atoms with E-state index in [9.17, 15) is 4.79 Å². The molecule has 1 heterocycles. The fourth-order valence-electron chi connectivity index (χ4n) is 2.70. The molecule has 0 bridgehead atoms. The number of ether oxygens (including phenoxy) is 2. The monoisotopic (exact) mass is 357 g/mol. The molecule has 2 rings (SSSR count). The largest absolute Gasteiger partial charge is 0.454 e. The molecule has 26 heavy (non-hydrogen) atoms. The van der Waals surface area contributed by atoms with Crippen LogP contribution in [0.3, 0.4) is 0 Å². The SMILES string of the molecule is CCC(C)NC(=O)/C=C/CCCCCC/C=C/c1ccc2c(c1)OCO2. The summed E-state index contributed by atoms with van der Waals surface area (Å²) >= 11 is 0. The number of allylic oxidation sites excluding steroid dienone is 2. The fraction of sp³-hybridized carbons (Fsp3) is 0.500. The van der Waals surface area contributed by atoms with E-state index < -0.39 is 0 Å². The molecule has 1 amide bonds. The van der Waals surface area contributed by atoms with Crippen LogP contribution in [-0.2, 0) is 4.79 Å². The van der Waals surface area contributed by atoms with E-state index >= 15 is 0 Å². The number of rotatable bonds is 11. The van der Waals surface area contributed by atoms with Crippen molar-refractivity contribution in [3.05, 3.63) is 42.0 Å². The van der Waals surface area contributed by atoms with Crippen LogP contribution in [0.1, 0.15) is 64.4 Å². The summed E-state index contributed by atoms with van der Waals surface area (Å²) in [5, 5.41) is 2.93. The molecule has 1 aliphatic heterocycles. The lowest BCUT2D eigenvalue weighted by Crippen LogP contribution is -2.30. The zero-order chi connectivity index (χ0) is 18.6. The summed E-state index contributed by atoms with van der Waals surface area (Å²) in [6.07, 6.45) is 15.8. The van der Waals surface area contributed by atoms with Crippen LogP contribution in [0.2, 0.25) is 0 Å². The Hall–Kier alpha value is -2.23. The summed E-state index contributed by atoms with van der Waals surface area (Å²) in [4.78, 5) is 11.6. The topological polar surface area (TPSA) is 47.6 Å². The molecule has 1 N–H and O–H groups in total. The molecule has 0 aromatic heterocycles. The Morgan fingerprint density at radius 3 is 2.62 bits per heavy atom. The molecule has 1 unspecified atom stereocenters. The first-order valence-electron chi connectivity index (χ1n) is 9.72. The molecule has 1 aromatic rings. The minimum absolute atomic E-state index is 0.0213. The van der Waals surface area contributed by atoms with Gasteiger partial charge >= 0.3 is 0 Å². The van der Waals surface area contributed by atoms with E-state index in [1.807, 2.05) is 31.2 Å². The second-order valence-electron chi connectivity index (χ2n) is 6.73. The number of fused-ring (bicyclic) bond motifs is 1. The Labute approximate surface area is 157 Å². The molecule has 1 aromatic carbocycles. The lowest BCUT2D eigenvalue weighted by Gasteiger charge is -2.08. The molecule has 0 saturated heterocycles. The lowest BCUT2D eigenvalue weighted by atomic mass is 10.1. The van der Waals surface area contributed by atoms with Crippen LogP contribution in [-0.4, -0.2) is 18.7 Å². The summed E-state index contributed by atoms with van der Waals surface area (Å²) < 4.78 is 10.7. The van der Waals surface area contributed by atoms with Crippen LogP contribution in [0.5, 0.6) is 11.5 Å². The van der Waals surface area contributed by atoms with Crippen LogP contribution in [0, 0.1) is 0 Å². The van der Waals surface area contributed by atoms with E-state index in [-0.39, 0.29) is 11.9 Å². The van der Waals surface area contributed by atoms with Gasteiger partial charge in [0.1, 0.15) is 0 Å². The summed E-state index contributed by atoms with van der Waals surface area (Å²) in [7, 11) is 0. The van der Waals surface area contributed by atoms with E-state index in [1.165, 1.54) is 19.3 Å². The van der Waals surface area contributed by atoms with Gasteiger partial charge in [0.05, 0.1) is 0 Å². The molecule has 0 radical (unpaired) electrons. The Kier molecular flexibility index (Phi) is 8.81. The molecule has 0 spiro atoms. The number of benzene rings is 1. The van der Waals surface area contributed by atoms with Crippen LogP contribution in [0.4, 0.5) is 0 Å². The molecule has 0 saturated carbocycles. The van der Waals surface area contributed by atoms with Crippen molar-refractivity contribution in [1.29, 1.82) is 0 Å². The third kappa shape index (κ3) is 7.34. The minimum Gasteiger partial charge on any atom is -0.454 e. The molecular formula is C22H31NO3. The molecule has 4 nitrogen and oxygen atoms in total. The highest BCUT2D eigenvalue weighted by atomic mass is 16.7. The number of nitrogens with one attached hydrogen (secondary N) is 1. The molecule has 1 atom stereocenters. The van der Waals surface area contributed by atoms with Crippen molar-refractivity contribution in [1.82, 2.24) is 5.32 Å². The predicted octanol–water partition coefficient (Wildman–Crippen LogP) is 5.24. The Balaban J connectivity index is 1.50. The molecule has 4 heteroatoms. The van der Waals surface area contributed by atoms with Crippen molar-refractivity contribution in [2.75, 3.05) is 6.79 Å². The van der Waals surface area contributed by atoms with Gasteiger partial charge < -0.3 is 14.8 Å². The van der Waals surface area contributed by atoms with Crippen molar-refractivity contribution in [3.63, 3.8) is 0 Å². The predicted molar refractivity (Wildman–Crippen MR) is 106 cm³/mol. The quantitative estimate of drug-likeness (QED) is 0.435. The smallest absolute Gasteiger partial charge is 0.243 e. The van der Waals surface area contributed by atoms with Crippen molar-refractivity contribution in [2.45, 2.75) is 64.8 Å². The summed E-state index contributed by atoms with van der Waals surface area (Å²) in [6.45, 7) is 4.41. The van der Waals surface area contributed by atoms with E-state index in [1.54, 1.807) is 6.08 Å². The van der Waals surface area contributed by atoms with Gasteiger partial charge in [0.25, 0.3) is 0 Å². The lowest BCUT2D eigenvalue weighted by molar-refractivity contribution is -0.117. The number of carbonyl (C=O) groups is 1. The van der Waals surface area contributed by atoms with Gasteiger partial charge in [-0.25, -0.2) is 0 Å². The fourth-order valence-corrected chi connectivity index (χ4v) is 2.70. The highest BCUT2D eigenvalue weighted by molar-refractivity contribution is 5.87. The van der Waals surface area contributed by atoms with Gasteiger partial charge in [-0.1, -0.05) is 44.1 Å². The Morgan fingerprint density at radius 1 is 1.12 bits per heavy atom.